The zero-order valence-electron chi connectivity index (χ0n) is 14.2. The van der Waals surface area contributed by atoms with E-state index < -0.39 is 8.32 Å². The van der Waals surface area contributed by atoms with Crippen molar-refractivity contribution in [1.29, 1.82) is 0 Å². The van der Waals surface area contributed by atoms with Crippen LogP contribution in [-0.4, -0.2) is 14.4 Å². The smallest absolute Gasteiger partial charge is 0.192 e. The summed E-state index contributed by atoms with van der Waals surface area (Å²) in [6.45, 7) is 21.9. The lowest BCUT2D eigenvalue weighted by atomic mass is 9.81. The molecular weight excluding hydrogens is 248 g/mol. The molecule has 0 radical (unpaired) electrons. The zero-order valence-corrected chi connectivity index (χ0v) is 15.2. The average Bonchev–Trinajstić information content (AvgIpc) is 2.13. The molecule has 0 saturated heterocycles. The van der Waals surface area contributed by atoms with Crippen molar-refractivity contribution in [3.8, 4) is 12.3 Å². The Morgan fingerprint density at radius 1 is 1.26 bits per heavy atom. The highest BCUT2D eigenvalue weighted by molar-refractivity contribution is 6.74. The first kappa shape index (κ1) is 18.5. The largest absolute Gasteiger partial charge is 0.413 e. The van der Waals surface area contributed by atoms with E-state index >= 15 is 0 Å². The molecule has 1 nitrogen and oxygen atoms in total. The summed E-state index contributed by atoms with van der Waals surface area (Å²) in [4.78, 5) is 0. The standard InChI is InChI=1S/C17H32OSi/c1-11-12-17(7,8)15(13-14(2)3)18-19(9,10)16(4,5)6/h1,15H,2,12-13H2,3-10H3. The Morgan fingerprint density at radius 3 is 2.05 bits per heavy atom. The van der Waals surface area contributed by atoms with Crippen molar-refractivity contribution in [2.75, 3.05) is 0 Å². The van der Waals surface area contributed by atoms with Gasteiger partial charge in [-0.05, 0) is 31.5 Å². The van der Waals surface area contributed by atoms with Gasteiger partial charge in [0.25, 0.3) is 0 Å². The number of rotatable bonds is 6. The minimum atomic E-state index is -1.78. The predicted octanol–water partition coefficient (Wildman–Crippen LogP) is 5.39. The zero-order chi connectivity index (χ0) is 15.5. The molecule has 0 N–H and O–H groups in total. The third kappa shape index (κ3) is 5.54. The molecule has 0 aliphatic rings. The third-order valence-electron chi connectivity index (χ3n) is 4.21. The van der Waals surface area contributed by atoms with Crippen molar-refractivity contribution in [1.82, 2.24) is 0 Å². The fourth-order valence-electron chi connectivity index (χ4n) is 1.70. The first-order valence-corrected chi connectivity index (χ1v) is 10.00. The average molecular weight is 281 g/mol. The molecule has 0 aromatic heterocycles. The minimum Gasteiger partial charge on any atom is -0.413 e. The first-order chi connectivity index (χ1) is 8.33. The quantitative estimate of drug-likeness (QED) is 0.360. The van der Waals surface area contributed by atoms with Crippen LogP contribution in [0.3, 0.4) is 0 Å². The molecule has 0 aliphatic carbocycles. The molecule has 0 heterocycles. The van der Waals surface area contributed by atoms with Crippen molar-refractivity contribution >= 4 is 8.32 Å². The van der Waals surface area contributed by atoms with Crippen LogP contribution in [0.5, 0.6) is 0 Å². The van der Waals surface area contributed by atoms with Crippen LogP contribution in [0.4, 0.5) is 0 Å². The maximum atomic E-state index is 6.61. The Labute approximate surface area is 122 Å². The topological polar surface area (TPSA) is 9.23 Å². The molecule has 0 aliphatic heterocycles. The monoisotopic (exact) mass is 280 g/mol. The molecule has 0 aromatic rings. The van der Waals surface area contributed by atoms with Crippen LogP contribution in [-0.2, 0) is 4.43 Å². The van der Waals surface area contributed by atoms with E-state index in [1.807, 2.05) is 0 Å². The Kier molecular flexibility index (Phi) is 6.11. The second-order valence-corrected chi connectivity index (χ2v) is 12.7. The lowest BCUT2D eigenvalue weighted by Crippen LogP contribution is -2.48. The molecule has 0 amide bonds. The van der Waals surface area contributed by atoms with E-state index in [1.165, 1.54) is 0 Å². The highest BCUT2D eigenvalue weighted by Gasteiger charge is 2.42. The molecule has 1 unspecified atom stereocenters. The fourth-order valence-corrected chi connectivity index (χ4v) is 3.17. The van der Waals surface area contributed by atoms with E-state index in [1.54, 1.807) is 0 Å². The van der Waals surface area contributed by atoms with Gasteiger partial charge in [-0.15, -0.1) is 18.9 Å². The molecule has 0 bridgehead atoms. The molecule has 2 heteroatoms. The van der Waals surface area contributed by atoms with Gasteiger partial charge in [-0.2, -0.15) is 0 Å². The van der Waals surface area contributed by atoms with E-state index in [0.717, 1.165) is 18.4 Å². The number of hydrogen-bond acceptors (Lipinski definition) is 1. The van der Waals surface area contributed by atoms with Gasteiger partial charge < -0.3 is 4.43 Å². The van der Waals surface area contributed by atoms with Gasteiger partial charge in [-0.1, -0.05) is 40.2 Å². The van der Waals surface area contributed by atoms with E-state index in [4.69, 9.17) is 10.8 Å². The Bertz CT molecular complexity index is 352. The van der Waals surface area contributed by atoms with Crippen LogP contribution in [0.1, 0.15) is 54.4 Å². The van der Waals surface area contributed by atoms with Crippen molar-refractivity contribution in [3.63, 3.8) is 0 Å². The molecule has 0 saturated carbocycles. The molecule has 19 heavy (non-hydrogen) atoms. The van der Waals surface area contributed by atoms with Gasteiger partial charge in [0.1, 0.15) is 0 Å². The second kappa shape index (κ2) is 6.28. The fraction of sp³-hybridized carbons (Fsp3) is 0.765. The van der Waals surface area contributed by atoms with Crippen LogP contribution in [0, 0.1) is 17.8 Å². The summed E-state index contributed by atoms with van der Waals surface area (Å²) in [6, 6.07) is 0. The maximum Gasteiger partial charge on any atom is 0.192 e. The summed E-state index contributed by atoms with van der Waals surface area (Å²) in [7, 11) is -1.78. The second-order valence-electron chi connectivity index (χ2n) is 7.90. The number of hydrogen-bond donors (Lipinski definition) is 0. The molecule has 0 rings (SSSR count). The van der Waals surface area contributed by atoms with Gasteiger partial charge in [0.2, 0.25) is 0 Å². The Balaban J connectivity index is 5.20. The predicted molar refractivity (Wildman–Crippen MR) is 88.7 cm³/mol. The van der Waals surface area contributed by atoms with E-state index in [9.17, 15) is 0 Å². The van der Waals surface area contributed by atoms with Crippen LogP contribution in [0.25, 0.3) is 0 Å². The molecule has 0 aromatic carbocycles. The van der Waals surface area contributed by atoms with Gasteiger partial charge in [0.05, 0.1) is 6.10 Å². The third-order valence-corrected chi connectivity index (χ3v) is 8.69. The molecule has 1 atom stereocenters. The summed E-state index contributed by atoms with van der Waals surface area (Å²) >= 11 is 0. The van der Waals surface area contributed by atoms with Gasteiger partial charge in [0, 0.05) is 11.8 Å². The van der Waals surface area contributed by atoms with Crippen molar-refractivity contribution in [2.45, 2.75) is 78.6 Å². The normalized spacial score (nSPS) is 14.9. The van der Waals surface area contributed by atoms with Crippen LogP contribution in [0.15, 0.2) is 12.2 Å². The molecular formula is C17H32OSi. The van der Waals surface area contributed by atoms with E-state index in [0.29, 0.717) is 0 Å². The van der Waals surface area contributed by atoms with E-state index in [-0.39, 0.29) is 16.6 Å². The van der Waals surface area contributed by atoms with Crippen molar-refractivity contribution in [3.05, 3.63) is 12.2 Å². The summed E-state index contributed by atoms with van der Waals surface area (Å²) in [5, 5.41) is 0.215. The molecule has 110 valence electrons. The highest BCUT2D eigenvalue weighted by Crippen LogP contribution is 2.41. The Hall–Kier alpha value is -0.523. The van der Waals surface area contributed by atoms with Gasteiger partial charge >= 0.3 is 0 Å². The molecule has 0 spiro atoms. The summed E-state index contributed by atoms with van der Waals surface area (Å²) in [5.74, 6) is 2.79. The highest BCUT2D eigenvalue weighted by atomic mass is 28.4. The summed E-state index contributed by atoms with van der Waals surface area (Å²) < 4.78 is 6.61. The summed E-state index contributed by atoms with van der Waals surface area (Å²) in [5.41, 5.74) is 1.15. The maximum absolute atomic E-state index is 6.61. The van der Waals surface area contributed by atoms with Crippen molar-refractivity contribution in [2.24, 2.45) is 5.41 Å². The van der Waals surface area contributed by atoms with Crippen molar-refractivity contribution < 1.29 is 4.43 Å². The van der Waals surface area contributed by atoms with Gasteiger partial charge in [-0.25, -0.2) is 0 Å². The van der Waals surface area contributed by atoms with Gasteiger partial charge in [-0.3, -0.25) is 0 Å². The first-order valence-electron chi connectivity index (χ1n) is 7.09. The summed E-state index contributed by atoms with van der Waals surface area (Å²) in [6.07, 6.45) is 7.30. The lowest BCUT2D eigenvalue weighted by Gasteiger charge is -2.44. The van der Waals surface area contributed by atoms with Crippen LogP contribution >= 0.6 is 0 Å². The Morgan fingerprint density at radius 2 is 1.74 bits per heavy atom. The molecule has 0 fully saturated rings. The van der Waals surface area contributed by atoms with Crippen LogP contribution < -0.4 is 0 Å². The number of terminal acetylenes is 1. The SMILES string of the molecule is C#CCC(C)(C)C(CC(=C)C)O[Si](C)(C)C(C)(C)C. The minimum absolute atomic E-state index is 0.0107. The van der Waals surface area contributed by atoms with E-state index in [2.05, 4.69) is 67.1 Å². The van der Waals surface area contributed by atoms with Crippen LogP contribution in [0.2, 0.25) is 18.1 Å². The lowest BCUT2D eigenvalue weighted by molar-refractivity contribution is 0.0639. The van der Waals surface area contributed by atoms with Gasteiger partial charge in [0.15, 0.2) is 8.32 Å².